The highest BCUT2D eigenvalue weighted by molar-refractivity contribution is 7.89. The van der Waals surface area contributed by atoms with E-state index in [1.54, 1.807) is 37.3 Å². The lowest BCUT2D eigenvalue weighted by Crippen LogP contribution is -2.24. The Kier molecular flexibility index (Phi) is 6.23. The molecule has 1 amide bonds. The van der Waals surface area contributed by atoms with Gasteiger partial charge in [-0.2, -0.15) is 0 Å². The van der Waals surface area contributed by atoms with Crippen molar-refractivity contribution in [3.05, 3.63) is 94.8 Å². The molecule has 0 aliphatic heterocycles. The van der Waals surface area contributed by atoms with Crippen molar-refractivity contribution in [3.63, 3.8) is 0 Å². The second-order valence-corrected chi connectivity index (χ2v) is 8.23. The van der Waals surface area contributed by atoms with Crippen LogP contribution in [-0.2, 0) is 16.6 Å². The summed E-state index contributed by atoms with van der Waals surface area (Å²) in [6, 6.07) is 13.6. The smallest absolute Gasteiger partial charge is 0.255 e. The van der Waals surface area contributed by atoms with Crippen LogP contribution in [0.3, 0.4) is 0 Å². The van der Waals surface area contributed by atoms with Gasteiger partial charge in [-0.15, -0.1) is 0 Å². The molecule has 30 heavy (non-hydrogen) atoms. The molecule has 0 aliphatic rings. The van der Waals surface area contributed by atoms with Crippen molar-refractivity contribution >= 4 is 21.6 Å². The van der Waals surface area contributed by atoms with Gasteiger partial charge >= 0.3 is 0 Å². The third kappa shape index (κ3) is 4.87. The van der Waals surface area contributed by atoms with Crippen LogP contribution in [0.25, 0.3) is 0 Å². The number of hydrogen-bond donors (Lipinski definition) is 2. The van der Waals surface area contributed by atoms with Crippen LogP contribution in [0, 0.1) is 24.4 Å². The summed E-state index contributed by atoms with van der Waals surface area (Å²) in [5.74, 6) is -4.76. The zero-order chi connectivity index (χ0) is 21.9. The first-order valence-corrected chi connectivity index (χ1v) is 10.3. The number of anilines is 1. The van der Waals surface area contributed by atoms with E-state index in [-0.39, 0.29) is 17.0 Å². The summed E-state index contributed by atoms with van der Waals surface area (Å²) < 4.78 is 68.0. The van der Waals surface area contributed by atoms with Gasteiger partial charge in [0.25, 0.3) is 5.91 Å². The topological polar surface area (TPSA) is 75.3 Å². The number of sulfonamides is 1. The van der Waals surface area contributed by atoms with Gasteiger partial charge in [-0.25, -0.2) is 26.3 Å². The molecule has 0 radical (unpaired) electrons. The summed E-state index contributed by atoms with van der Waals surface area (Å²) in [6.45, 7) is 1.62. The molecular weight excluding hydrogens is 417 g/mol. The lowest BCUT2D eigenvalue weighted by atomic mass is 10.1. The molecule has 3 aromatic carbocycles. The van der Waals surface area contributed by atoms with Crippen LogP contribution >= 0.6 is 0 Å². The number of benzene rings is 3. The molecule has 5 nitrogen and oxygen atoms in total. The first kappa shape index (κ1) is 21.5. The van der Waals surface area contributed by atoms with Gasteiger partial charge < -0.3 is 5.32 Å². The molecule has 3 aromatic rings. The van der Waals surface area contributed by atoms with E-state index in [2.05, 4.69) is 10.0 Å². The van der Waals surface area contributed by atoms with Crippen molar-refractivity contribution in [2.24, 2.45) is 0 Å². The first-order chi connectivity index (χ1) is 14.2. The monoisotopic (exact) mass is 434 g/mol. The van der Waals surface area contributed by atoms with E-state index in [4.69, 9.17) is 0 Å². The van der Waals surface area contributed by atoms with Crippen molar-refractivity contribution in [1.82, 2.24) is 4.72 Å². The zero-order valence-electron chi connectivity index (χ0n) is 15.7. The maximum absolute atomic E-state index is 13.8. The van der Waals surface area contributed by atoms with E-state index in [0.29, 0.717) is 17.7 Å². The summed E-state index contributed by atoms with van der Waals surface area (Å²) in [4.78, 5) is 12.3. The molecule has 9 heteroatoms. The van der Waals surface area contributed by atoms with Crippen molar-refractivity contribution in [1.29, 1.82) is 0 Å². The number of aryl methyl sites for hydroxylation is 1. The van der Waals surface area contributed by atoms with Gasteiger partial charge in [0, 0.05) is 24.2 Å². The van der Waals surface area contributed by atoms with Crippen LogP contribution in [0.4, 0.5) is 18.9 Å². The fourth-order valence-corrected chi connectivity index (χ4v) is 3.98. The van der Waals surface area contributed by atoms with E-state index in [1.165, 1.54) is 12.1 Å². The van der Waals surface area contributed by atoms with Gasteiger partial charge in [-0.3, -0.25) is 4.79 Å². The minimum absolute atomic E-state index is 0.0547. The van der Waals surface area contributed by atoms with E-state index in [9.17, 15) is 26.4 Å². The van der Waals surface area contributed by atoms with Gasteiger partial charge in [0.2, 0.25) is 10.0 Å². The highest BCUT2D eigenvalue weighted by Crippen LogP contribution is 2.21. The molecule has 0 bridgehead atoms. The standard InChI is InChI=1S/C21H17F3N2O3S/c1-13-7-8-15(21(27)26-19-11-17(23)16(22)10-18(19)24)9-20(13)30(28,29)25-12-14-5-3-2-4-6-14/h2-11,25H,12H2,1H3,(H,26,27). The Morgan fingerprint density at radius 1 is 0.900 bits per heavy atom. The molecule has 2 N–H and O–H groups in total. The lowest BCUT2D eigenvalue weighted by Gasteiger charge is -2.12. The largest absolute Gasteiger partial charge is 0.319 e. The van der Waals surface area contributed by atoms with E-state index < -0.39 is 39.1 Å². The predicted molar refractivity (Wildman–Crippen MR) is 106 cm³/mol. The number of amides is 1. The van der Waals surface area contributed by atoms with Crippen LogP contribution in [0.5, 0.6) is 0 Å². The maximum atomic E-state index is 13.8. The maximum Gasteiger partial charge on any atom is 0.255 e. The molecule has 0 fully saturated rings. The van der Waals surface area contributed by atoms with E-state index in [1.807, 2.05) is 0 Å². The molecule has 156 valence electrons. The van der Waals surface area contributed by atoms with Crippen LogP contribution < -0.4 is 10.0 Å². The fourth-order valence-electron chi connectivity index (χ4n) is 2.70. The van der Waals surface area contributed by atoms with Crippen LogP contribution in [-0.4, -0.2) is 14.3 Å². The minimum atomic E-state index is -3.95. The minimum Gasteiger partial charge on any atom is -0.319 e. The molecule has 0 aromatic heterocycles. The first-order valence-electron chi connectivity index (χ1n) is 8.77. The van der Waals surface area contributed by atoms with Crippen molar-refractivity contribution in [3.8, 4) is 0 Å². The number of hydrogen-bond acceptors (Lipinski definition) is 3. The number of nitrogens with one attached hydrogen (secondary N) is 2. The van der Waals surface area contributed by atoms with Crippen LogP contribution in [0.15, 0.2) is 65.6 Å². The average molecular weight is 434 g/mol. The fraction of sp³-hybridized carbons (Fsp3) is 0.0952. The third-order valence-corrected chi connectivity index (χ3v) is 5.85. The molecule has 0 atom stereocenters. The predicted octanol–water partition coefficient (Wildman–Crippen LogP) is 4.14. The molecule has 0 saturated heterocycles. The van der Waals surface area contributed by atoms with Gasteiger partial charge in [0.15, 0.2) is 11.6 Å². The second kappa shape index (κ2) is 8.68. The van der Waals surface area contributed by atoms with E-state index >= 15 is 0 Å². The lowest BCUT2D eigenvalue weighted by molar-refractivity contribution is 0.102. The van der Waals surface area contributed by atoms with Gasteiger partial charge in [-0.1, -0.05) is 36.4 Å². The third-order valence-electron chi connectivity index (χ3n) is 4.31. The van der Waals surface area contributed by atoms with Crippen molar-refractivity contribution < 1.29 is 26.4 Å². The quantitative estimate of drug-likeness (QED) is 0.573. The van der Waals surface area contributed by atoms with Crippen LogP contribution in [0.1, 0.15) is 21.5 Å². The van der Waals surface area contributed by atoms with Gasteiger partial charge in [0.1, 0.15) is 5.82 Å². The van der Waals surface area contributed by atoms with Gasteiger partial charge in [-0.05, 0) is 30.2 Å². The van der Waals surface area contributed by atoms with Crippen molar-refractivity contribution in [2.75, 3.05) is 5.32 Å². The Morgan fingerprint density at radius 2 is 1.57 bits per heavy atom. The summed E-state index contributed by atoms with van der Waals surface area (Å²) in [5, 5.41) is 2.11. The Hall–Kier alpha value is -3.17. The Labute approximate surface area is 171 Å². The van der Waals surface area contributed by atoms with Crippen molar-refractivity contribution in [2.45, 2.75) is 18.4 Å². The molecule has 0 spiro atoms. The number of rotatable bonds is 6. The average Bonchev–Trinajstić information content (AvgIpc) is 2.71. The number of carbonyl (C=O) groups excluding carboxylic acids is 1. The molecule has 0 saturated carbocycles. The molecule has 0 unspecified atom stereocenters. The second-order valence-electron chi connectivity index (χ2n) is 6.49. The summed E-state index contributed by atoms with van der Waals surface area (Å²) >= 11 is 0. The Morgan fingerprint density at radius 3 is 2.27 bits per heavy atom. The summed E-state index contributed by atoms with van der Waals surface area (Å²) in [6.07, 6.45) is 0. The highest BCUT2D eigenvalue weighted by Gasteiger charge is 2.20. The Balaban J connectivity index is 1.83. The normalized spacial score (nSPS) is 11.3. The molecule has 0 aliphatic carbocycles. The molecule has 3 rings (SSSR count). The Bertz CT molecular complexity index is 1200. The van der Waals surface area contributed by atoms with Gasteiger partial charge in [0.05, 0.1) is 10.6 Å². The summed E-state index contributed by atoms with van der Waals surface area (Å²) in [7, 11) is -3.95. The SMILES string of the molecule is Cc1ccc(C(=O)Nc2cc(F)c(F)cc2F)cc1S(=O)(=O)NCc1ccccc1. The number of carbonyl (C=O) groups is 1. The van der Waals surface area contributed by atoms with Crippen LogP contribution in [0.2, 0.25) is 0 Å². The molecule has 0 heterocycles. The highest BCUT2D eigenvalue weighted by atomic mass is 32.2. The zero-order valence-corrected chi connectivity index (χ0v) is 16.6. The van der Waals surface area contributed by atoms with E-state index in [0.717, 1.165) is 11.6 Å². The summed E-state index contributed by atoms with van der Waals surface area (Å²) in [5.41, 5.74) is 0.489. The number of halogens is 3. The molecular formula is C21H17F3N2O3S.